The second-order valence-electron chi connectivity index (χ2n) is 4.34. The lowest BCUT2D eigenvalue weighted by Gasteiger charge is -2.09. The summed E-state index contributed by atoms with van der Waals surface area (Å²) in [5, 5.41) is 10.8. The third kappa shape index (κ3) is 5.21. The molecule has 20 heavy (non-hydrogen) atoms. The summed E-state index contributed by atoms with van der Waals surface area (Å²) in [6, 6.07) is 3.30. The maximum Gasteiger partial charge on any atom is 0.305 e. The summed E-state index contributed by atoms with van der Waals surface area (Å²) < 4.78 is 4.82. The number of rotatable bonds is 7. The summed E-state index contributed by atoms with van der Waals surface area (Å²) in [6.45, 7) is 2.77. The molecule has 0 bridgehead atoms. The molecule has 110 valence electrons. The third-order valence-corrected chi connectivity index (χ3v) is 2.46. The first kappa shape index (κ1) is 15.9. The number of carbonyl (C=O) groups is 2. The van der Waals surface area contributed by atoms with Gasteiger partial charge in [-0.15, -0.1) is 10.2 Å². The van der Waals surface area contributed by atoms with Crippen LogP contribution >= 0.6 is 0 Å². The number of nitrogens with one attached hydrogen (secondary N) is 1. The molecule has 0 atom stereocenters. The zero-order valence-corrected chi connectivity index (χ0v) is 12.0. The fraction of sp³-hybridized carbons (Fsp3) is 0.538. The van der Waals surface area contributed by atoms with E-state index in [1.807, 2.05) is 0 Å². The molecule has 0 saturated heterocycles. The van der Waals surface area contributed by atoms with Crippen molar-refractivity contribution >= 4 is 17.7 Å². The lowest BCUT2D eigenvalue weighted by Crippen LogP contribution is -2.23. The third-order valence-electron chi connectivity index (χ3n) is 2.46. The van der Waals surface area contributed by atoms with Crippen molar-refractivity contribution in [3.63, 3.8) is 0 Å². The van der Waals surface area contributed by atoms with Crippen LogP contribution in [0.5, 0.6) is 0 Å². The molecule has 0 radical (unpaired) electrons. The zero-order chi connectivity index (χ0) is 15.0. The first-order valence-corrected chi connectivity index (χ1v) is 6.49. The lowest BCUT2D eigenvalue weighted by molar-refractivity contribution is -0.143. The van der Waals surface area contributed by atoms with Crippen molar-refractivity contribution in [2.24, 2.45) is 0 Å². The summed E-state index contributed by atoms with van der Waals surface area (Å²) in [6.07, 6.45) is 1.02. The van der Waals surface area contributed by atoms with E-state index in [9.17, 15) is 9.59 Å². The first-order valence-electron chi connectivity index (χ1n) is 6.49. The monoisotopic (exact) mass is 280 g/mol. The minimum Gasteiger partial charge on any atom is -0.466 e. The molecule has 1 amide bonds. The highest BCUT2D eigenvalue weighted by atomic mass is 16.5. The van der Waals surface area contributed by atoms with Gasteiger partial charge in [-0.2, -0.15) is 0 Å². The van der Waals surface area contributed by atoms with Gasteiger partial charge >= 0.3 is 5.97 Å². The van der Waals surface area contributed by atoms with Gasteiger partial charge in [0.05, 0.1) is 6.61 Å². The highest BCUT2D eigenvalue weighted by Crippen LogP contribution is 2.04. The second-order valence-corrected chi connectivity index (χ2v) is 4.34. The molecule has 1 heterocycles. The van der Waals surface area contributed by atoms with Gasteiger partial charge in [-0.25, -0.2) is 0 Å². The molecular weight excluding hydrogens is 260 g/mol. The molecule has 1 aromatic heterocycles. The zero-order valence-electron chi connectivity index (χ0n) is 12.0. The Kier molecular flexibility index (Phi) is 6.42. The van der Waals surface area contributed by atoms with E-state index in [1.54, 1.807) is 33.2 Å². The van der Waals surface area contributed by atoms with E-state index >= 15 is 0 Å². The molecule has 1 N–H and O–H groups in total. The highest BCUT2D eigenvalue weighted by molar-refractivity contribution is 5.91. The number of anilines is 1. The average Bonchev–Trinajstić information content (AvgIpc) is 2.43. The van der Waals surface area contributed by atoms with Gasteiger partial charge in [0.1, 0.15) is 5.82 Å². The van der Waals surface area contributed by atoms with E-state index in [4.69, 9.17) is 4.74 Å². The molecule has 7 heteroatoms. The molecule has 0 aromatic carbocycles. The van der Waals surface area contributed by atoms with Gasteiger partial charge in [-0.05, 0) is 25.5 Å². The molecule has 0 aliphatic heterocycles. The van der Waals surface area contributed by atoms with Crippen molar-refractivity contribution in [2.45, 2.75) is 19.8 Å². The van der Waals surface area contributed by atoms with Crippen LogP contribution in [0.15, 0.2) is 12.1 Å². The van der Waals surface area contributed by atoms with Crippen LogP contribution in [-0.2, 0) is 9.53 Å². The number of amides is 1. The smallest absolute Gasteiger partial charge is 0.305 e. The van der Waals surface area contributed by atoms with Crippen LogP contribution in [0.4, 0.5) is 5.82 Å². The molecule has 1 aromatic rings. The van der Waals surface area contributed by atoms with Gasteiger partial charge in [-0.3, -0.25) is 9.59 Å². The Morgan fingerprint density at radius 1 is 1.30 bits per heavy atom. The van der Waals surface area contributed by atoms with Crippen LogP contribution in [0.3, 0.4) is 0 Å². The quantitative estimate of drug-likeness (QED) is 0.591. The Morgan fingerprint density at radius 3 is 2.60 bits per heavy atom. The Hall–Kier alpha value is -2.18. The van der Waals surface area contributed by atoms with Crippen LogP contribution in [0.2, 0.25) is 0 Å². The van der Waals surface area contributed by atoms with E-state index < -0.39 is 0 Å². The van der Waals surface area contributed by atoms with Crippen molar-refractivity contribution in [2.75, 3.05) is 32.6 Å². The number of carbonyl (C=O) groups excluding carboxylic acids is 2. The van der Waals surface area contributed by atoms with Crippen LogP contribution in [0.1, 0.15) is 30.3 Å². The second kappa shape index (κ2) is 8.08. The van der Waals surface area contributed by atoms with Crippen molar-refractivity contribution in [1.29, 1.82) is 0 Å². The van der Waals surface area contributed by atoms with Crippen molar-refractivity contribution in [1.82, 2.24) is 15.1 Å². The summed E-state index contributed by atoms with van der Waals surface area (Å²) >= 11 is 0. The molecule has 0 aliphatic carbocycles. The summed E-state index contributed by atoms with van der Waals surface area (Å²) in [5.41, 5.74) is 0.298. The van der Waals surface area contributed by atoms with E-state index in [-0.39, 0.29) is 11.9 Å². The Labute approximate surface area is 118 Å². The van der Waals surface area contributed by atoms with Crippen LogP contribution in [0.25, 0.3) is 0 Å². The standard InChI is InChI=1S/C13H20N4O3/c1-4-20-12(18)6-5-9-14-11-8-7-10(15-16-11)13(19)17(2)3/h7-8H,4-6,9H2,1-3H3,(H,14,16). The topological polar surface area (TPSA) is 84.4 Å². The van der Waals surface area contributed by atoms with Gasteiger partial charge in [0.25, 0.3) is 5.91 Å². The molecular formula is C13H20N4O3. The van der Waals surface area contributed by atoms with Gasteiger partial charge < -0.3 is 15.0 Å². The molecule has 0 spiro atoms. The highest BCUT2D eigenvalue weighted by Gasteiger charge is 2.09. The number of hydrogen-bond donors (Lipinski definition) is 1. The van der Waals surface area contributed by atoms with Gasteiger partial charge in [0.15, 0.2) is 5.69 Å². The molecule has 0 aliphatic rings. The molecule has 0 saturated carbocycles. The molecule has 0 fully saturated rings. The number of aromatic nitrogens is 2. The van der Waals surface area contributed by atoms with Crippen LogP contribution < -0.4 is 5.32 Å². The first-order chi connectivity index (χ1) is 9.54. The maximum absolute atomic E-state index is 11.6. The van der Waals surface area contributed by atoms with E-state index in [2.05, 4.69) is 15.5 Å². The average molecular weight is 280 g/mol. The Bertz CT molecular complexity index is 445. The lowest BCUT2D eigenvalue weighted by atomic mass is 10.3. The minimum atomic E-state index is -0.202. The van der Waals surface area contributed by atoms with Crippen LogP contribution in [0, 0.1) is 0 Å². The number of nitrogens with zero attached hydrogens (tertiary/aromatic N) is 3. The van der Waals surface area contributed by atoms with E-state index in [0.717, 1.165) is 0 Å². The van der Waals surface area contributed by atoms with Gasteiger partial charge in [-0.1, -0.05) is 0 Å². The van der Waals surface area contributed by atoms with Gasteiger partial charge in [0.2, 0.25) is 0 Å². The van der Waals surface area contributed by atoms with Crippen LogP contribution in [-0.4, -0.2) is 54.2 Å². The van der Waals surface area contributed by atoms with Crippen molar-refractivity contribution < 1.29 is 14.3 Å². The normalized spacial score (nSPS) is 9.95. The number of ether oxygens (including phenoxy) is 1. The SMILES string of the molecule is CCOC(=O)CCCNc1ccc(C(=O)N(C)C)nn1. The maximum atomic E-state index is 11.6. The minimum absolute atomic E-state index is 0.189. The summed E-state index contributed by atoms with van der Waals surface area (Å²) in [7, 11) is 3.32. The summed E-state index contributed by atoms with van der Waals surface area (Å²) in [5.74, 6) is 0.183. The van der Waals surface area contributed by atoms with Gasteiger partial charge in [0, 0.05) is 27.1 Å². The predicted molar refractivity (Wildman–Crippen MR) is 74.4 cm³/mol. The molecule has 7 nitrogen and oxygen atoms in total. The predicted octanol–water partition coefficient (Wildman–Crippen LogP) is 0.934. The van der Waals surface area contributed by atoms with Crippen molar-refractivity contribution in [3.8, 4) is 0 Å². The van der Waals surface area contributed by atoms with Crippen molar-refractivity contribution in [3.05, 3.63) is 17.8 Å². The number of hydrogen-bond acceptors (Lipinski definition) is 6. The fourth-order valence-corrected chi connectivity index (χ4v) is 1.45. The summed E-state index contributed by atoms with van der Waals surface area (Å²) in [4.78, 5) is 24.2. The molecule has 0 unspecified atom stereocenters. The fourth-order valence-electron chi connectivity index (χ4n) is 1.45. The molecule has 1 rings (SSSR count). The van der Waals surface area contributed by atoms with E-state index in [0.29, 0.717) is 37.5 Å². The largest absolute Gasteiger partial charge is 0.466 e. The Morgan fingerprint density at radius 2 is 2.05 bits per heavy atom. The van der Waals surface area contributed by atoms with E-state index in [1.165, 1.54) is 4.90 Å². The number of esters is 1. The Balaban J connectivity index is 2.35.